The lowest BCUT2D eigenvalue weighted by molar-refractivity contribution is 0.215. The van der Waals surface area contributed by atoms with Crippen LogP contribution in [0.3, 0.4) is 0 Å². The Balaban J connectivity index is 2.28. The minimum atomic E-state index is 0.559. The molecule has 1 aliphatic rings. The molecule has 1 fully saturated rings. The highest BCUT2D eigenvalue weighted by atomic mass is 14.3. The summed E-state index contributed by atoms with van der Waals surface area (Å²) in [4.78, 5) is 0. The summed E-state index contributed by atoms with van der Waals surface area (Å²) in [6, 6.07) is 0. The van der Waals surface area contributed by atoms with Gasteiger partial charge >= 0.3 is 0 Å². The van der Waals surface area contributed by atoms with E-state index in [1.807, 2.05) is 0 Å². The van der Waals surface area contributed by atoms with Gasteiger partial charge in [0.05, 0.1) is 0 Å². The van der Waals surface area contributed by atoms with Crippen LogP contribution in [0.1, 0.15) is 118 Å². The normalized spacial score (nSPS) is 26.9. The predicted octanol–water partition coefficient (Wildman–Crippen LogP) is 8.01. The number of hydrogen-bond acceptors (Lipinski definition) is 0. The van der Waals surface area contributed by atoms with Crippen molar-refractivity contribution in [2.75, 3.05) is 0 Å². The van der Waals surface area contributed by atoms with Crippen LogP contribution in [-0.4, -0.2) is 0 Å². The Bertz CT molecular complexity index is 265. The van der Waals surface area contributed by atoms with Crippen molar-refractivity contribution >= 4 is 0 Å². The van der Waals surface area contributed by atoms with E-state index in [1.165, 1.54) is 83.5 Å². The molecule has 1 saturated carbocycles. The van der Waals surface area contributed by atoms with Gasteiger partial charge in [-0.25, -0.2) is 0 Å². The van der Waals surface area contributed by atoms with Crippen molar-refractivity contribution in [3.8, 4) is 0 Å². The van der Waals surface area contributed by atoms with Crippen molar-refractivity contribution in [1.82, 2.24) is 0 Å². The molecule has 0 spiro atoms. The first-order chi connectivity index (χ1) is 10.5. The molecule has 0 aliphatic heterocycles. The van der Waals surface area contributed by atoms with E-state index in [-0.39, 0.29) is 0 Å². The van der Waals surface area contributed by atoms with Gasteiger partial charge in [0.2, 0.25) is 0 Å². The molecule has 3 atom stereocenters. The monoisotopic (exact) mass is 308 g/mol. The van der Waals surface area contributed by atoms with E-state index in [4.69, 9.17) is 0 Å². The third-order valence-electron chi connectivity index (χ3n) is 6.42. The maximum atomic E-state index is 2.55. The fourth-order valence-electron chi connectivity index (χ4n) is 4.52. The SMILES string of the molecule is CCCCCCCCC1CCCC(CC(C)(C)CC)CC1C. The molecular weight excluding hydrogens is 264 g/mol. The smallest absolute Gasteiger partial charge is 0.0354 e. The summed E-state index contributed by atoms with van der Waals surface area (Å²) in [5, 5.41) is 0. The highest BCUT2D eigenvalue weighted by molar-refractivity contribution is 4.80. The van der Waals surface area contributed by atoms with Gasteiger partial charge in [-0.1, -0.05) is 105 Å². The second-order valence-electron chi connectivity index (χ2n) is 9.05. The molecule has 0 nitrogen and oxygen atoms in total. The Labute approximate surface area is 141 Å². The lowest BCUT2D eigenvalue weighted by atomic mass is 9.76. The fourth-order valence-corrected chi connectivity index (χ4v) is 4.52. The Hall–Kier alpha value is 0. The highest BCUT2D eigenvalue weighted by Crippen LogP contribution is 2.40. The molecule has 0 heteroatoms. The van der Waals surface area contributed by atoms with Gasteiger partial charge in [-0.2, -0.15) is 0 Å². The van der Waals surface area contributed by atoms with Crippen LogP contribution in [-0.2, 0) is 0 Å². The first-order valence-electron chi connectivity index (χ1n) is 10.5. The summed E-state index contributed by atoms with van der Waals surface area (Å²) in [6.45, 7) is 12.2. The third kappa shape index (κ3) is 8.02. The van der Waals surface area contributed by atoms with Crippen molar-refractivity contribution in [2.45, 2.75) is 118 Å². The van der Waals surface area contributed by atoms with Gasteiger partial charge in [-0.05, 0) is 36.0 Å². The van der Waals surface area contributed by atoms with Crippen LogP contribution >= 0.6 is 0 Å². The van der Waals surface area contributed by atoms with E-state index in [9.17, 15) is 0 Å². The molecule has 0 amide bonds. The zero-order chi connectivity index (χ0) is 16.4. The largest absolute Gasteiger partial charge is 0.0654 e. The minimum Gasteiger partial charge on any atom is -0.0654 e. The molecule has 0 N–H and O–H groups in total. The summed E-state index contributed by atoms with van der Waals surface area (Å²) >= 11 is 0. The molecule has 0 heterocycles. The zero-order valence-electron chi connectivity index (χ0n) is 16.4. The Morgan fingerprint density at radius 3 is 2.27 bits per heavy atom. The van der Waals surface area contributed by atoms with Gasteiger partial charge < -0.3 is 0 Å². The molecule has 132 valence electrons. The predicted molar refractivity (Wildman–Crippen MR) is 101 cm³/mol. The topological polar surface area (TPSA) is 0 Å². The molecule has 0 radical (unpaired) electrons. The summed E-state index contributed by atoms with van der Waals surface area (Å²) in [5.74, 6) is 3.00. The maximum Gasteiger partial charge on any atom is -0.0354 e. The summed E-state index contributed by atoms with van der Waals surface area (Å²) < 4.78 is 0. The molecule has 0 aromatic carbocycles. The van der Waals surface area contributed by atoms with Crippen molar-refractivity contribution in [1.29, 1.82) is 0 Å². The minimum absolute atomic E-state index is 0.559. The lowest BCUT2D eigenvalue weighted by Crippen LogP contribution is -2.18. The molecule has 0 aromatic rings. The Morgan fingerprint density at radius 1 is 0.909 bits per heavy atom. The third-order valence-corrected chi connectivity index (χ3v) is 6.42. The molecule has 1 aliphatic carbocycles. The van der Waals surface area contributed by atoms with Crippen LogP contribution in [0.4, 0.5) is 0 Å². The second-order valence-corrected chi connectivity index (χ2v) is 9.05. The van der Waals surface area contributed by atoms with E-state index in [1.54, 1.807) is 0 Å². The van der Waals surface area contributed by atoms with Gasteiger partial charge in [0.15, 0.2) is 0 Å². The molecule has 1 rings (SSSR count). The van der Waals surface area contributed by atoms with Gasteiger partial charge in [0, 0.05) is 0 Å². The molecule has 0 saturated heterocycles. The maximum absolute atomic E-state index is 2.55. The number of rotatable bonds is 10. The molecule has 3 unspecified atom stereocenters. The standard InChI is InChI=1S/C22H44/c1-6-8-9-10-11-12-15-21-16-13-14-20(17-19(21)3)18-22(4,5)7-2/h19-21H,6-18H2,1-5H3. The van der Waals surface area contributed by atoms with E-state index in [0.29, 0.717) is 5.41 Å². The van der Waals surface area contributed by atoms with E-state index >= 15 is 0 Å². The van der Waals surface area contributed by atoms with Crippen molar-refractivity contribution in [3.05, 3.63) is 0 Å². The fraction of sp³-hybridized carbons (Fsp3) is 1.00. The first-order valence-corrected chi connectivity index (χ1v) is 10.5. The van der Waals surface area contributed by atoms with Crippen molar-refractivity contribution in [2.24, 2.45) is 23.2 Å². The van der Waals surface area contributed by atoms with Crippen LogP contribution in [0.2, 0.25) is 0 Å². The van der Waals surface area contributed by atoms with Crippen LogP contribution in [0.5, 0.6) is 0 Å². The summed E-state index contributed by atoms with van der Waals surface area (Å²) in [5.41, 5.74) is 0.559. The molecule has 22 heavy (non-hydrogen) atoms. The molecule has 0 aromatic heterocycles. The van der Waals surface area contributed by atoms with Crippen LogP contribution in [0, 0.1) is 23.2 Å². The average Bonchev–Trinajstić information content (AvgIpc) is 2.64. The average molecular weight is 309 g/mol. The zero-order valence-corrected chi connectivity index (χ0v) is 16.4. The summed E-state index contributed by atoms with van der Waals surface area (Å²) in [7, 11) is 0. The van der Waals surface area contributed by atoms with Crippen LogP contribution in [0.15, 0.2) is 0 Å². The van der Waals surface area contributed by atoms with E-state index in [2.05, 4.69) is 34.6 Å². The first kappa shape index (κ1) is 20.0. The number of hydrogen-bond donors (Lipinski definition) is 0. The van der Waals surface area contributed by atoms with Crippen molar-refractivity contribution in [3.63, 3.8) is 0 Å². The van der Waals surface area contributed by atoms with Gasteiger partial charge in [0.25, 0.3) is 0 Å². The summed E-state index contributed by atoms with van der Waals surface area (Å²) in [6.07, 6.45) is 19.0. The lowest BCUT2D eigenvalue weighted by Gasteiger charge is -2.30. The van der Waals surface area contributed by atoms with Gasteiger partial charge in [-0.3, -0.25) is 0 Å². The quantitative estimate of drug-likeness (QED) is 0.283. The van der Waals surface area contributed by atoms with E-state index < -0.39 is 0 Å². The molecular formula is C22H44. The number of unbranched alkanes of at least 4 members (excludes halogenated alkanes) is 5. The molecule has 0 bridgehead atoms. The van der Waals surface area contributed by atoms with E-state index in [0.717, 1.165) is 17.8 Å². The second kappa shape index (κ2) is 10.7. The van der Waals surface area contributed by atoms with Gasteiger partial charge in [-0.15, -0.1) is 0 Å². The van der Waals surface area contributed by atoms with Crippen LogP contribution in [0.25, 0.3) is 0 Å². The Morgan fingerprint density at radius 2 is 1.59 bits per heavy atom. The van der Waals surface area contributed by atoms with Gasteiger partial charge in [0.1, 0.15) is 0 Å². The van der Waals surface area contributed by atoms with Crippen molar-refractivity contribution < 1.29 is 0 Å². The Kier molecular flexibility index (Phi) is 9.76. The highest BCUT2D eigenvalue weighted by Gasteiger charge is 2.28. The van der Waals surface area contributed by atoms with Crippen LogP contribution < -0.4 is 0 Å².